The number of cyclic esters (lactones) is 1. The van der Waals surface area contributed by atoms with Crippen molar-refractivity contribution in [1.82, 2.24) is 0 Å². The summed E-state index contributed by atoms with van der Waals surface area (Å²) >= 11 is 12.0. The van der Waals surface area contributed by atoms with Crippen LogP contribution in [0.25, 0.3) is 0 Å². The highest BCUT2D eigenvalue weighted by molar-refractivity contribution is 6.37. The van der Waals surface area contributed by atoms with Crippen molar-refractivity contribution in [2.45, 2.75) is 19.3 Å². The van der Waals surface area contributed by atoms with Crippen molar-refractivity contribution >= 4 is 34.9 Å². The van der Waals surface area contributed by atoms with Gasteiger partial charge in [0.25, 0.3) is 0 Å². The third-order valence-corrected chi connectivity index (χ3v) is 3.74. The summed E-state index contributed by atoms with van der Waals surface area (Å²) in [6.07, 6.45) is -1.30. The number of rotatable bonds is 3. The van der Waals surface area contributed by atoms with Gasteiger partial charge in [-0.2, -0.15) is 0 Å². The van der Waals surface area contributed by atoms with Crippen molar-refractivity contribution in [2.75, 3.05) is 6.61 Å². The number of nitrogens with zero attached hydrogens (tertiary/aromatic N) is 1. The van der Waals surface area contributed by atoms with Gasteiger partial charge in [0.1, 0.15) is 11.6 Å². The number of hydrogen-bond donors (Lipinski definition) is 0. The van der Waals surface area contributed by atoms with Gasteiger partial charge in [0.2, 0.25) is 12.4 Å². The Morgan fingerprint density at radius 2 is 2.20 bits per heavy atom. The van der Waals surface area contributed by atoms with Gasteiger partial charge in [-0.05, 0) is 19.1 Å². The van der Waals surface area contributed by atoms with E-state index < -0.39 is 24.3 Å². The molecular formula is C13H11Cl2NO4. The number of carbonyl (C=O) groups is 1. The fourth-order valence-electron chi connectivity index (χ4n) is 2.31. The van der Waals surface area contributed by atoms with Gasteiger partial charge in [0, 0.05) is 17.2 Å². The van der Waals surface area contributed by atoms with Crippen molar-refractivity contribution in [3.05, 3.63) is 33.8 Å². The maximum atomic E-state index is 12.0. The molecule has 2 aliphatic heterocycles. The van der Waals surface area contributed by atoms with Gasteiger partial charge in [0.15, 0.2) is 0 Å². The normalized spacial score (nSPS) is 27.9. The Morgan fingerprint density at radius 3 is 2.90 bits per heavy atom. The van der Waals surface area contributed by atoms with Gasteiger partial charge < -0.3 is 14.3 Å². The van der Waals surface area contributed by atoms with Gasteiger partial charge in [-0.25, -0.2) is 0 Å². The zero-order valence-electron chi connectivity index (χ0n) is 10.5. The van der Waals surface area contributed by atoms with Crippen LogP contribution >= 0.6 is 23.2 Å². The summed E-state index contributed by atoms with van der Waals surface area (Å²) in [6.45, 7) is 2.23. The topological polar surface area (TPSA) is 57.1 Å². The van der Waals surface area contributed by atoms with Gasteiger partial charge in [-0.1, -0.05) is 34.4 Å². The molecule has 0 N–H and O–H groups in total. The van der Waals surface area contributed by atoms with Crippen molar-refractivity contribution in [3.63, 3.8) is 0 Å². The lowest BCUT2D eigenvalue weighted by atomic mass is 9.94. The molecule has 2 heterocycles. The summed E-state index contributed by atoms with van der Waals surface area (Å²) in [5, 5.41) is 4.89. The quantitative estimate of drug-likeness (QED) is 0.805. The number of carbonyl (C=O) groups excluding carboxylic acids is 1. The van der Waals surface area contributed by atoms with E-state index in [1.807, 2.05) is 6.92 Å². The van der Waals surface area contributed by atoms with E-state index in [-0.39, 0.29) is 0 Å². The molecule has 0 aliphatic carbocycles. The number of ether oxygens (including phenoxy) is 2. The SMILES string of the molecule is CCO[C@@H]1OC(=O)[C@H]2C(c3ccc(Cl)cc3Cl)=NO[C@@H]12. The molecule has 5 nitrogen and oxygen atoms in total. The Kier molecular flexibility index (Phi) is 3.58. The Morgan fingerprint density at radius 1 is 1.40 bits per heavy atom. The molecule has 0 spiro atoms. The summed E-state index contributed by atoms with van der Waals surface area (Å²) < 4.78 is 10.5. The molecule has 1 aromatic carbocycles. The number of esters is 1. The van der Waals surface area contributed by atoms with Crippen molar-refractivity contribution in [1.29, 1.82) is 0 Å². The molecule has 0 unspecified atom stereocenters. The molecule has 0 saturated carbocycles. The zero-order chi connectivity index (χ0) is 14.3. The molecule has 0 amide bonds. The number of benzene rings is 1. The van der Waals surface area contributed by atoms with Gasteiger partial charge in [-0.3, -0.25) is 4.79 Å². The molecule has 3 rings (SSSR count). The van der Waals surface area contributed by atoms with Gasteiger partial charge >= 0.3 is 5.97 Å². The predicted molar refractivity (Wildman–Crippen MR) is 72.9 cm³/mol. The lowest BCUT2D eigenvalue weighted by Crippen LogP contribution is -2.30. The molecule has 2 aliphatic rings. The Bertz CT molecular complexity index is 590. The minimum Gasteiger partial charge on any atom is -0.431 e. The van der Waals surface area contributed by atoms with Crippen LogP contribution in [0.5, 0.6) is 0 Å². The molecule has 7 heteroatoms. The Hall–Kier alpha value is -1.30. The van der Waals surface area contributed by atoms with Crippen molar-refractivity contribution in [2.24, 2.45) is 11.1 Å². The Balaban J connectivity index is 1.91. The molecule has 20 heavy (non-hydrogen) atoms. The van der Waals surface area contributed by atoms with E-state index >= 15 is 0 Å². The smallest absolute Gasteiger partial charge is 0.321 e. The lowest BCUT2D eigenvalue weighted by Gasteiger charge is -2.13. The first-order valence-electron chi connectivity index (χ1n) is 6.13. The van der Waals surface area contributed by atoms with Crippen LogP contribution in [-0.4, -0.2) is 30.7 Å². The monoisotopic (exact) mass is 315 g/mol. The first-order valence-corrected chi connectivity index (χ1v) is 6.88. The predicted octanol–water partition coefficient (Wildman–Crippen LogP) is 2.63. The fraction of sp³-hybridized carbons (Fsp3) is 0.385. The van der Waals surface area contributed by atoms with Crippen LogP contribution in [-0.2, 0) is 19.1 Å². The van der Waals surface area contributed by atoms with E-state index in [4.69, 9.17) is 37.5 Å². The Labute approximate surface area is 125 Å². The molecule has 0 radical (unpaired) electrons. The molecule has 1 aromatic rings. The highest BCUT2D eigenvalue weighted by atomic mass is 35.5. The highest BCUT2D eigenvalue weighted by Gasteiger charge is 2.54. The average Bonchev–Trinajstić information content (AvgIpc) is 2.94. The van der Waals surface area contributed by atoms with Crippen LogP contribution in [0.4, 0.5) is 0 Å². The van der Waals surface area contributed by atoms with Crippen LogP contribution < -0.4 is 0 Å². The number of fused-ring (bicyclic) bond motifs is 1. The molecule has 106 valence electrons. The lowest BCUT2D eigenvalue weighted by molar-refractivity contribution is -0.177. The second-order valence-electron chi connectivity index (χ2n) is 4.41. The van der Waals surface area contributed by atoms with E-state index in [1.54, 1.807) is 18.2 Å². The summed E-state index contributed by atoms with van der Waals surface area (Å²) in [4.78, 5) is 17.3. The van der Waals surface area contributed by atoms with Crippen LogP contribution in [0.15, 0.2) is 23.4 Å². The minimum absolute atomic E-state index is 0.410. The summed E-state index contributed by atoms with van der Waals surface area (Å²) in [5.74, 6) is -1.04. The van der Waals surface area contributed by atoms with E-state index in [9.17, 15) is 4.79 Å². The van der Waals surface area contributed by atoms with Crippen LogP contribution in [0.1, 0.15) is 12.5 Å². The van der Waals surface area contributed by atoms with Crippen molar-refractivity contribution in [3.8, 4) is 0 Å². The number of hydrogen-bond acceptors (Lipinski definition) is 5. The first-order chi connectivity index (χ1) is 9.61. The van der Waals surface area contributed by atoms with Gasteiger partial charge in [-0.15, -0.1) is 0 Å². The largest absolute Gasteiger partial charge is 0.431 e. The molecular weight excluding hydrogens is 305 g/mol. The standard InChI is InChI=1S/C13H11Cl2NO4/c1-2-18-13-11-9(12(17)19-13)10(16-20-11)7-4-3-6(14)5-8(7)15/h3-5,9,11,13H,2H2,1H3/t9-,11+,13+/m0/s1. The third-order valence-electron chi connectivity index (χ3n) is 3.19. The molecule has 0 aromatic heterocycles. The molecule has 3 atom stereocenters. The second-order valence-corrected chi connectivity index (χ2v) is 5.25. The maximum absolute atomic E-state index is 12.0. The maximum Gasteiger partial charge on any atom is 0.321 e. The summed E-state index contributed by atoms with van der Waals surface area (Å²) in [7, 11) is 0. The summed E-state index contributed by atoms with van der Waals surface area (Å²) in [5.41, 5.74) is 1.06. The number of oxime groups is 1. The fourth-order valence-corrected chi connectivity index (χ4v) is 2.81. The second kappa shape index (κ2) is 5.24. The van der Waals surface area contributed by atoms with Crippen LogP contribution in [0.2, 0.25) is 10.0 Å². The van der Waals surface area contributed by atoms with Crippen LogP contribution in [0, 0.1) is 5.92 Å². The molecule has 1 saturated heterocycles. The highest BCUT2D eigenvalue weighted by Crippen LogP contribution is 2.36. The van der Waals surface area contributed by atoms with Crippen molar-refractivity contribution < 1.29 is 19.1 Å². The van der Waals surface area contributed by atoms with E-state index in [0.29, 0.717) is 27.9 Å². The first kappa shape index (κ1) is 13.7. The van der Waals surface area contributed by atoms with Crippen LogP contribution in [0.3, 0.4) is 0 Å². The third kappa shape index (κ3) is 2.16. The average molecular weight is 316 g/mol. The van der Waals surface area contributed by atoms with E-state index in [1.165, 1.54) is 0 Å². The van der Waals surface area contributed by atoms with E-state index in [0.717, 1.165) is 0 Å². The summed E-state index contributed by atoms with van der Waals surface area (Å²) in [6, 6.07) is 4.98. The zero-order valence-corrected chi connectivity index (χ0v) is 12.0. The number of halogens is 2. The molecule has 0 bridgehead atoms. The van der Waals surface area contributed by atoms with Gasteiger partial charge in [0.05, 0.1) is 5.02 Å². The minimum atomic E-state index is -0.732. The van der Waals surface area contributed by atoms with E-state index in [2.05, 4.69) is 5.16 Å². The molecule has 1 fully saturated rings.